The maximum atomic E-state index is 13.7. The van der Waals surface area contributed by atoms with E-state index in [0.717, 1.165) is 23.0 Å². The maximum Gasteiger partial charge on any atom is 0.258 e. The van der Waals surface area contributed by atoms with Gasteiger partial charge in [0.05, 0.1) is 17.0 Å². The molecule has 0 radical (unpaired) electrons. The number of nitrogens with zero attached hydrogens (tertiary/aromatic N) is 1. The second kappa shape index (κ2) is 8.15. The Balaban J connectivity index is 1.46. The molecule has 2 fully saturated rings. The van der Waals surface area contributed by atoms with Crippen LogP contribution in [0.4, 0.5) is 5.69 Å². The molecule has 1 aliphatic heterocycles. The number of aliphatic hydroxyl groups excluding tert-OH is 1. The molecule has 0 saturated heterocycles. The van der Waals surface area contributed by atoms with Crippen molar-refractivity contribution in [3.63, 3.8) is 0 Å². The number of hydrogen-bond donors (Lipinski definition) is 2. The average molecular weight is 548 g/mol. The molecule has 182 valence electrons. The summed E-state index contributed by atoms with van der Waals surface area (Å²) in [6.07, 6.45) is 7.24. The van der Waals surface area contributed by atoms with Crippen molar-refractivity contribution < 1.29 is 18.3 Å². The first-order valence-corrected chi connectivity index (χ1v) is 14.1. The topological polar surface area (TPSA) is 86.7 Å². The van der Waals surface area contributed by atoms with Crippen molar-refractivity contribution in [2.45, 2.75) is 68.2 Å². The lowest BCUT2D eigenvalue weighted by Crippen LogP contribution is -2.46. The lowest BCUT2D eigenvalue weighted by molar-refractivity contribution is 0.0980. The quantitative estimate of drug-likeness (QED) is 0.566. The van der Waals surface area contributed by atoms with Gasteiger partial charge in [0.2, 0.25) is 10.0 Å². The zero-order chi connectivity index (χ0) is 24.4. The molecule has 0 unspecified atom stereocenters. The Morgan fingerprint density at radius 2 is 1.76 bits per heavy atom. The zero-order valence-electron chi connectivity index (χ0n) is 19.6. The summed E-state index contributed by atoms with van der Waals surface area (Å²) < 4.78 is 29.3. The van der Waals surface area contributed by atoms with Crippen LogP contribution in [0.15, 0.2) is 51.8 Å². The molecule has 0 aromatic heterocycles. The molecule has 5 rings (SSSR count). The van der Waals surface area contributed by atoms with Crippen LogP contribution < -0.4 is 9.62 Å². The first-order chi connectivity index (χ1) is 16.0. The van der Waals surface area contributed by atoms with E-state index >= 15 is 0 Å². The van der Waals surface area contributed by atoms with E-state index < -0.39 is 15.6 Å². The summed E-state index contributed by atoms with van der Waals surface area (Å²) in [6.45, 7) is 3.50. The zero-order valence-corrected chi connectivity index (χ0v) is 22.0. The van der Waals surface area contributed by atoms with Crippen LogP contribution in [-0.4, -0.2) is 38.1 Å². The van der Waals surface area contributed by atoms with Crippen LogP contribution in [0, 0.1) is 5.41 Å². The van der Waals surface area contributed by atoms with Gasteiger partial charge in [-0.1, -0.05) is 22.0 Å². The van der Waals surface area contributed by atoms with E-state index in [0.29, 0.717) is 17.5 Å². The van der Waals surface area contributed by atoms with Gasteiger partial charge in [-0.15, -0.1) is 0 Å². The fourth-order valence-electron chi connectivity index (χ4n) is 5.59. The highest BCUT2D eigenvalue weighted by molar-refractivity contribution is 9.10. The van der Waals surface area contributed by atoms with Crippen LogP contribution in [-0.2, 0) is 15.4 Å². The van der Waals surface area contributed by atoms with Crippen molar-refractivity contribution in [2.24, 2.45) is 5.41 Å². The molecule has 2 aromatic carbocycles. The lowest BCUT2D eigenvalue weighted by Gasteiger charge is -2.38. The predicted molar refractivity (Wildman–Crippen MR) is 136 cm³/mol. The minimum atomic E-state index is -3.90. The summed E-state index contributed by atoms with van der Waals surface area (Å²) >= 11 is 3.62. The molecular weight excluding hydrogens is 516 g/mol. The van der Waals surface area contributed by atoms with Gasteiger partial charge in [-0.3, -0.25) is 4.79 Å². The lowest BCUT2D eigenvalue weighted by atomic mass is 9.66. The molecule has 2 aliphatic carbocycles. The van der Waals surface area contributed by atoms with Gasteiger partial charge in [-0.25, -0.2) is 13.1 Å². The normalized spacial score (nSPS) is 20.5. The molecule has 0 bridgehead atoms. The molecule has 6 nitrogen and oxygen atoms in total. The molecule has 2 N–H and O–H groups in total. The van der Waals surface area contributed by atoms with E-state index in [2.05, 4.69) is 26.7 Å². The molecule has 2 spiro atoms. The fraction of sp³-hybridized carbons (Fsp3) is 0.500. The monoisotopic (exact) mass is 546 g/mol. The third-order valence-electron chi connectivity index (χ3n) is 7.95. The highest BCUT2D eigenvalue weighted by Gasteiger charge is 2.53. The van der Waals surface area contributed by atoms with Crippen molar-refractivity contribution in [3.8, 4) is 0 Å². The van der Waals surface area contributed by atoms with Crippen LogP contribution in [0.1, 0.15) is 68.3 Å². The van der Waals surface area contributed by atoms with Gasteiger partial charge in [0.25, 0.3) is 5.91 Å². The van der Waals surface area contributed by atoms with Crippen molar-refractivity contribution in [1.82, 2.24) is 4.72 Å². The number of anilines is 1. The Kier molecular flexibility index (Phi) is 5.75. The van der Waals surface area contributed by atoms with E-state index in [1.54, 1.807) is 26.0 Å². The Morgan fingerprint density at radius 3 is 2.41 bits per heavy atom. The number of benzene rings is 2. The number of carbonyl (C=O) groups is 1. The molecule has 1 amide bonds. The molecule has 2 saturated carbocycles. The Labute approximate surface area is 209 Å². The van der Waals surface area contributed by atoms with Crippen molar-refractivity contribution >= 4 is 37.5 Å². The van der Waals surface area contributed by atoms with Gasteiger partial charge in [-0.2, -0.15) is 0 Å². The molecule has 3 aliphatic rings. The Morgan fingerprint density at radius 1 is 1.09 bits per heavy atom. The van der Waals surface area contributed by atoms with Gasteiger partial charge >= 0.3 is 0 Å². The van der Waals surface area contributed by atoms with Crippen LogP contribution >= 0.6 is 15.9 Å². The molecule has 8 heteroatoms. The number of nitrogens with one attached hydrogen (secondary N) is 1. The third-order valence-corrected chi connectivity index (χ3v) is 10.1. The number of fused-ring (bicyclic) bond motifs is 2. The number of hydrogen-bond acceptors (Lipinski definition) is 4. The van der Waals surface area contributed by atoms with Crippen molar-refractivity contribution in [3.05, 3.63) is 58.1 Å². The number of amides is 1. The van der Waals surface area contributed by atoms with E-state index in [1.165, 1.54) is 43.4 Å². The van der Waals surface area contributed by atoms with Gasteiger partial charge in [0, 0.05) is 27.7 Å². The molecule has 0 atom stereocenters. The van der Waals surface area contributed by atoms with E-state index in [4.69, 9.17) is 0 Å². The number of sulfonamides is 1. The largest absolute Gasteiger partial charge is 0.394 e. The fourth-order valence-corrected chi connectivity index (χ4v) is 7.40. The summed E-state index contributed by atoms with van der Waals surface area (Å²) in [7, 11) is -3.90. The van der Waals surface area contributed by atoms with Crippen molar-refractivity contribution in [2.75, 3.05) is 18.1 Å². The molecule has 34 heavy (non-hydrogen) atoms. The van der Waals surface area contributed by atoms with Gasteiger partial charge in [0.15, 0.2) is 0 Å². The summed E-state index contributed by atoms with van der Waals surface area (Å²) in [4.78, 5) is 15.6. The van der Waals surface area contributed by atoms with Crippen molar-refractivity contribution in [1.29, 1.82) is 0 Å². The summed E-state index contributed by atoms with van der Waals surface area (Å²) in [6, 6.07) is 12.3. The minimum absolute atomic E-state index is 0.0122. The second-order valence-electron chi connectivity index (χ2n) is 11.0. The SMILES string of the molecule is CC(C)(CO)NS(=O)(=O)c1cccc(C(=O)N2CC3(CCC4(CC4)CC3)c3cc(Br)ccc32)c1. The molecular formula is C26H31BrN2O4S. The number of carbonyl (C=O) groups excluding carboxylic acids is 1. The number of aliphatic hydroxyl groups is 1. The average Bonchev–Trinajstić information content (AvgIpc) is 3.50. The van der Waals surface area contributed by atoms with Crippen LogP contribution in [0.25, 0.3) is 0 Å². The van der Waals surface area contributed by atoms with Crippen LogP contribution in [0.2, 0.25) is 0 Å². The van der Waals surface area contributed by atoms with E-state index in [1.807, 2.05) is 17.0 Å². The second-order valence-corrected chi connectivity index (χ2v) is 13.6. The minimum Gasteiger partial charge on any atom is -0.394 e. The first kappa shape index (κ1) is 24.0. The standard InChI is InChI=1S/C26H31BrN2O4S/c1-24(2,17-30)28-34(32,33)20-5-3-4-18(14-20)23(31)29-16-26(12-10-25(8-9-25)11-13-26)21-15-19(27)6-7-22(21)29/h3-7,14-15,28,30H,8-13,16-17H2,1-2H3. The van der Waals surface area contributed by atoms with Crippen LogP contribution in [0.5, 0.6) is 0 Å². The highest BCUT2D eigenvalue weighted by atomic mass is 79.9. The van der Waals surface area contributed by atoms with Gasteiger partial charge in [-0.05, 0) is 99.7 Å². The van der Waals surface area contributed by atoms with Gasteiger partial charge in [0.1, 0.15) is 0 Å². The number of halogens is 1. The van der Waals surface area contributed by atoms with Gasteiger partial charge < -0.3 is 10.0 Å². The third kappa shape index (κ3) is 4.23. The Hall–Kier alpha value is -1.74. The summed E-state index contributed by atoms with van der Waals surface area (Å²) in [5.41, 5.74) is 1.98. The maximum absolute atomic E-state index is 13.7. The Bertz CT molecular complexity index is 1240. The van der Waals surface area contributed by atoms with Crippen LogP contribution in [0.3, 0.4) is 0 Å². The van der Waals surface area contributed by atoms with E-state index in [9.17, 15) is 18.3 Å². The first-order valence-electron chi connectivity index (χ1n) is 11.9. The summed E-state index contributed by atoms with van der Waals surface area (Å²) in [5.74, 6) is -0.189. The highest BCUT2D eigenvalue weighted by Crippen LogP contribution is 2.62. The molecule has 2 aromatic rings. The van der Waals surface area contributed by atoms with E-state index in [-0.39, 0.29) is 22.8 Å². The predicted octanol–water partition coefficient (Wildman–Crippen LogP) is 4.75. The number of rotatable bonds is 5. The summed E-state index contributed by atoms with van der Waals surface area (Å²) in [5, 5.41) is 9.47. The smallest absolute Gasteiger partial charge is 0.258 e. The molecule has 1 heterocycles.